The number of hydrogen-bond donors (Lipinski definition) is 1. The highest BCUT2D eigenvalue weighted by Crippen LogP contribution is 2.23. The Bertz CT molecular complexity index is 810. The molecule has 150 valence electrons. The van der Waals surface area contributed by atoms with E-state index in [0.717, 1.165) is 18.7 Å². The fourth-order valence-electron chi connectivity index (χ4n) is 3.24. The summed E-state index contributed by atoms with van der Waals surface area (Å²) in [6.07, 6.45) is 0. The van der Waals surface area contributed by atoms with Gasteiger partial charge in [0.15, 0.2) is 0 Å². The molecule has 3 rings (SSSR count). The second-order valence-electron chi connectivity index (χ2n) is 6.65. The number of carbonyl (C=O) groups excluding carboxylic acids is 2. The van der Waals surface area contributed by atoms with Crippen LogP contribution < -0.4 is 0 Å². The molecule has 0 aliphatic carbocycles. The number of nitrogens with zero attached hydrogens (tertiary/aromatic N) is 1. The van der Waals surface area contributed by atoms with Crippen LogP contribution in [-0.2, 0) is 27.4 Å². The molecule has 0 saturated carbocycles. The van der Waals surface area contributed by atoms with Gasteiger partial charge in [-0.25, -0.2) is 9.59 Å². The van der Waals surface area contributed by atoms with Gasteiger partial charge in [0, 0.05) is 25.3 Å². The summed E-state index contributed by atoms with van der Waals surface area (Å²) in [5.74, 6) is -0.915. The molecule has 0 amide bonds. The van der Waals surface area contributed by atoms with E-state index < -0.39 is 11.9 Å². The van der Waals surface area contributed by atoms with E-state index in [9.17, 15) is 9.59 Å². The number of hydrogen-bond acceptors (Lipinski definition) is 6. The van der Waals surface area contributed by atoms with Crippen molar-refractivity contribution in [2.24, 2.45) is 0 Å². The largest absolute Gasteiger partial charge is 0.462 e. The number of benzene rings is 1. The van der Waals surface area contributed by atoms with Gasteiger partial charge in [-0.3, -0.25) is 4.90 Å². The van der Waals surface area contributed by atoms with Gasteiger partial charge in [-0.1, -0.05) is 30.3 Å². The van der Waals surface area contributed by atoms with Gasteiger partial charge in [0.05, 0.1) is 25.4 Å². The first-order chi connectivity index (χ1) is 13.6. The molecule has 0 bridgehead atoms. The van der Waals surface area contributed by atoms with E-state index in [0.29, 0.717) is 42.3 Å². The monoisotopic (exact) mass is 386 g/mol. The SMILES string of the molecule is CCOC(=O)c1c(CN2CCOCC2)[nH]c(C(=O)OCc2ccccc2)c1C. The number of nitrogens with one attached hydrogen (secondary N) is 1. The summed E-state index contributed by atoms with van der Waals surface area (Å²) in [6, 6.07) is 9.47. The highest BCUT2D eigenvalue weighted by molar-refractivity contribution is 5.98. The van der Waals surface area contributed by atoms with Gasteiger partial charge in [0.1, 0.15) is 12.3 Å². The van der Waals surface area contributed by atoms with E-state index in [2.05, 4.69) is 9.88 Å². The maximum Gasteiger partial charge on any atom is 0.355 e. The summed E-state index contributed by atoms with van der Waals surface area (Å²) < 4.78 is 16.0. The summed E-state index contributed by atoms with van der Waals surface area (Å²) in [7, 11) is 0. The molecule has 0 radical (unpaired) electrons. The molecule has 2 aromatic rings. The number of H-pyrrole nitrogens is 1. The molecule has 1 fully saturated rings. The van der Waals surface area contributed by atoms with Crippen molar-refractivity contribution in [1.29, 1.82) is 0 Å². The minimum Gasteiger partial charge on any atom is -0.462 e. The van der Waals surface area contributed by atoms with Crippen LogP contribution in [-0.4, -0.2) is 54.7 Å². The van der Waals surface area contributed by atoms with Crippen LogP contribution >= 0.6 is 0 Å². The number of aromatic amines is 1. The number of ether oxygens (including phenoxy) is 3. The Morgan fingerprint density at radius 2 is 1.82 bits per heavy atom. The van der Waals surface area contributed by atoms with Crippen molar-refractivity contribution in [2.45, 2.75) is 27.0 Å². The number of esters is 2. The third-order valence-corrected chi connectivity index (χ3v) is 4.71. The average molecular weight is 386 g/mol. The topological polar surface area (TPSA) is 80.9 Å². The molecule has 1 aliphatic heterocycles. The second-order valence-corrected chi connectivity index (χ2v) is 6.65. The Labute approximate surface area is 164 Å². The van der Waals surface area contributed by atoms with Crippen molar-refractivity contribution in [3.63, 3.8) is 0 Å². The lowest BCUT2D eigenvalue weighted by Gasteiger charge is -2.26. The average Bonchev–Trinajstić information content (AvgIpc) is 3.04. The molecular formula is C21H26N2O5. The Morgan fingerprint density at radius 1 is 1.11 bits per heavy atom. The Balaban J connectivity index is 1.80. The Morgan fingerprint density at radius 3 is 2.50 bits per heavy atom. The van der Waals surface area contributed by atoms with E-state index in [-0.39, 0.29) is 13.2 Å². The maximum absolute atomic E-state index is 12.6. The summed E-state index contributed by atoms with van der Waals surface area (Å²) in [5, 5.41) is 0. The predicted octanol–water partition coefficient (Wildman–Crippen LogP) is 2.69. The molecule has 1 aromatic heterocycles. The summed E-state index contributed by atoms with van der Waals surface area (Å²) in [5.41, 5.74) is 2.84. The minimum absolute atomic E-state index is 0.172. The van der Waals surface area contributed by atoms with Gasteiger partial charge in [-0.2, -0.15) is 0 Å². The zero-order valence-electron chi connectivity index (χ0n) is 16.3. The van der Waals surface area contributed by atoms with Crippen molar-refractivity contribution in [1.82, 2.24) is 9.88 Å². The van der Waals surface area contributed by atoms with Crippen LogP contribution in [0, 0.1) is 6.92 Å². The molecule has 1 N–H and O–H groups in total. The smallest absolute Gasteiger partial charge is 0.355 e. The molecule has 1 saturated heterocycles. The molecule has 28 heavy (non-hydrogen) atoms. The molecule has 1 aliphatic rings. The third-order valence-electron chi connectivity index (χ3n) is 4.71. The van der Waals surface area contributed by atoms with Crippen LogP contribution in [0.1, 0.15) is 44.6 Å². The summed E-state index contributed by atoms with van der Waals surface area (Å²) in [4.78, 5) is 30.4. The van der Waals surface area contributed by atoms with Crippen LogP contribution in [0.4, 0.5) is 0 Å². The molecule has 2 heterocycles. The van der Waals surface area contributed by atoms with Gasteiger partial charge in [-0.05, 0) is 25.0 Å². The molecule has 0 atom stereocenters. The highest BCUT2D eigenvalue weighted by atomic mass is 16.5. The van der Waals surface area contributed by atoms with Gasteiger partial charge >= 0.3 is 11.9 Å². The lowest BCUT2D eigenvalue weighted by molar-refractivity contribution is 0.0330. The predicted molar refractivity (Wildman–Crippen MR) is 103 cm³/mol. The van der Waals surface area contributed by atoms with Crippen molar-refractivity contribution in [3.05, 3.63) is 58.4 Å². The molecule has 0 spiro atoms. The van der Waals surface area contributed by atoms with Crippen molar-refractivity contribution in [3.8, 4) is 0 Å². The zero-order chi connectivity index (χ0) is 19.9. The molecule has 7 nitrogen and oxygen atoms in total. The number of aromatic nitrogens is 1. The quantitative estimate of drug-likeness (QED) is 0.737. The number of carbonyl (C=O) groups is 2. The standard InChI is InChI=1S/C21H26N2O5/c1-3-27-20(24)18-15(2)19(21(25)28-14-16-7-5-4-6-8-16)22-17(18)13-23-9-11-26-12-10-23/h4-8,22H,3,9-14H2,1-2H3. The zero-order valence-corrected chi connectivity index (χ0v) is 16.3. The molecule has 1 aromatic carbocycles. The van der Waals surface area contributed by atoms with E-state index in [1.165, 1.54) is 0 Å². The van der Waals surface area contributed by atoms with Crippen LogP contribution in [0.25, 0.3) is 0 Å². The lowest BCUT2D eigenvalue weighted by atomic mass is 10.1. The van der Waals surface area contributed by atoms with Gasteiger partial charge in [-0.15, -0.1) is 0 Å². The first-order valence-electron chi connectivity index (χ1n) is 9.49. The summed E-state index contributed by atoms with van der Waals surface area (Å²) >= 11 is 0. The van der Waals surface area contributed by atoms with E-state index in [1.807, 2.05) is 30.3 Å². The van der Waals surface area contributed by atoms with Gasteiger partial charge in [0.25, 0.3) is 0 Å². The highest BCUT2D eigenvalue weighted by Gasteiger charge is 2.27. The van der Waals surface area contributed by atoms with E-state index in [4.69, 9.17) is 14.2 Å². The van der Waals surface area contributed by atoms with Crippen LogP contribution in [0.5, 0.6) is 0 Å². The fourth-order valence-corrected chi connectivity index (χ4v) is 3.24. The van der Waals surface area contributed by atoms with Gasteiger partial charge < -0.3 is 19.2 Å². The van der Waals surface area contributed by atoms with Crippen molar-refractivity contribution >= 4 is 11.9 Å². The lowest BCUT2D eigenvalue weighted by Crippen LogP contribution is -2.36. The number of rotatable bonds is 7. The summed E-state index contributed by atoms with van der Waals surface area (Å²) in [6.45, 7) is 7.31. The molecule has 0 unspecified atom stereocenters. The minimum atomic E-state index is -0.486. The van der Waals surface area contributed by atoms with Crippen molar-refractivity contribution in [2.75, 3.05) is 32.9 Å². The van der Waals surface area contributed by atoms with Gasteiger partial charge in [0.2, 0.25) is 0 Å². The maximum atomic E-state index is 12.6. The third kappa shape index (κ3) is 4.79. The second kappa shape index (κ2) is 9.52. The first kappa shape index (κ1) is 20.1. The number of morpholine rings is 1. The molecule has 7 heteroatoms. The molecular weight excluding hydrogens is 360 g/mol. The first-order valence-corrected chi connectivity index (χ1v) is 9.49. The van der Waals surface area contributed by atoms with Crippen LogP contribution in [0.15, 0.2) is 30.3 Å². The Hall–Kier alpha value is -2.64. The normalized spacial score (nSPS) is 14.6. The Kier molecular flexibility index (Phi) is 6.84. The van der Waals surface area contributed by atoms with E-state index >= 15 is 0 Å². The van der Waals surface area contributed by atoms with Crippen molar-refractivity contribution < 1.29 is 23.8 Å². The van der Waals surface area contributed by atoms with Crippen LogP contribution in [0.2, 0.25) is 0 Å². The fraction of sp³-hybridized carbons (Fsp3) is 0.429. The van der Waals surface area contributed by atoms with Crippen LogP contribution in [0.3, 0.4) is 0 Å². The van der Waals surface area contributed by atoms with E-state index in [1.54, 1.807) is 13.8 Å².